The Morgan fingerprint density at radius 3 is 2.42 bits per heavy atom. The second-order valence-electron chi connectivity index (χ2n) is 8.78. The SMILES string of the molecule is CC(C)(C)OC(=O)N1CC2(C1)c1nnnn1-c1ccccc1C(=O)N2c1ccccc1. The minimum absolute atomic E-state index is 0.182. The number of ether oxygens (including phenoxy) is 1. The average Bonchev–Trinajstić information content (AvgIpc) is 3.16. The maximum Gasteiger partial charge on any atom is 0.410 e. The standard InChI is InChI=1S/C22H22N6O3/c1-21(2,3)31-20(30)26-13-22(14-26)19-23-24-25-28(19)17-12-8-7-11-16(17)18(29)27(22)15-9-5-4-6-10-15/h4-12H,13-14H2,1-3H3. The molecule has 0 N–H and O–H groups in total. The summed E-state index contributed by atoms with van der Waals surface area (Å²) in [4.78, 5) is 29.8. The van der Waals surface area contributed by atoms with Crippen molar-refractivity contribution in [3.63, 3.8) is 0 Å². The van der Waals surface area contributed by atoms with E-state index in [0.29, 0.717) is 22.8 Å². The van der Waals surface area contributed by atoms with Gasteiger partial charge < -0.3 is 9.64 Å². The molecule has 3 heterocycles. The molecule has 0 aliphatic carbocycles. The lowest BCUT2D eigenvalue weighted by Gasteiger charge is -2.53. The molecule has 2 aliphatic heterocycles. The molecule has 2 aromatic carbocycles. The maximum absolute atomic E-state index is 13.8. The Kier molecular flexibility index (Phi) is 4.11. The van der Waals surface area contributed by atoms with Crippen LogP contribution >= 0.6 is 0 Å². The van der Waals surface area contributed by atoms with E-state index < -0.39 is 17.2 Å². The summed E-state index contributed by atoms with van der Waals surface area (Å²) >= 11 is 0. The normalized spacial score (nSPS) is 16.9. The third-order valence-electron chi connectivity index (χ3n) is 5.45. The molecule has 1 spiro atoms. The molecule has 158 valence electrons. The van der Waals surface area contributed by atoms with E-state index in [1.807, 2.05) is 69.3 Å². The fourth-order valence-corrected chi connectivity index (χ4v) is 4.16. The molecule has 0 unspecified atom stereocenters. The number of nitrogens with zero attached hydrogens (tertiary/aromatic N) is 6. The van der Waals surface area contributed by atoms with Gasteiger partial charge in [0.1, 0.15) is 11.1 Å². The summed E-state index contributed by atoms with van der Waals surface area (Å²) in [5.41, 5.74) is 0.282. The number of hydrogen-bond acceptors (Lipinski definition) is 6. The summed E-state index contributed by atoms with van der Waals surface area (Å²) in [5.74, 6) is 0.326. The lowest BCUT2D eigenvalue weighted by molar-refractivity contribution is -0.0122. The highest BCUT2D eigenvalue weighted by Gasteiger charge is 2.59. The van der Waals surface area contributed by atoms with Crippen LogP contribution in [0.15, 0.2) is 54.6 Å². The molecule has 0 saturated carbocycles. The summed E-state index contributed by atoms with van der Waals surface area (Å²) in [7, 11) is 0. The van der Waals surface area contributed by atoms with Crippen molar-refractivity contribution in [3.8, 4) is 5.69 Å². The van der Waals surface area contributed by atoms with Gasteiger partial charge in [-0.25, -0.2) is 4.79 Å². The fourth-order valence-electron chi connectivity index (χ4n) is 4.16. The zero-order valence-electron chi connectivity index (χ0n) is 17.5. The van der Waals surface area contributed by atoms with Gasteiger partial charge in [0.05, 0.1) is 24.3 Å². The monoisotopic (exact) mass is 418 g/mol. The molecule has 9 nitrogen and oxygen atoms in total. The minimum Gasteiger partial charge on any atom is -0.444 e. The summed E-state index contributed by atoms with van der Waals surface area (Å²) in [5, 5.41) is 12.4. The zero-order chi connectivity index (χ0) is 21.8. The van der Waals surface area contributed by atoms with E-state index in [2.05, 4.69) is 15.5 Å². The smallest absolute Gasteiger partial charge is 0.410 e. The van der Waals surface area contributed by atoms with Crippen molar-refractivity contribution in [3.05, 3.63) is 66.0 Å². The third kappa shape index (κ3) is 2.96. The van der Waals surface area contributed by atoms with Crippen LogP contribution in [0.3, 0.4) is 0 Å². The molecule has 2 aliphatic rings. The molecule has 0 bridgehead atoms. The first kappa shape index (κ1) is 19.2. The first-order valence-electron chi connectivity index (χ1n) is 10.1. The van der Waals surface area contributed by atoms with Gasteiger partial charge in [-0.05, 0) is 55.5 Å². The summed E-state index contributed by atoms with van der Waals surface area (Å²) in [6.45, 7) is 5.91. The Bertz CT molecular complexity index is 1160. The van der Waals surface area contributed by atoms with Gasteiger partial charge in [-0.2, -0.15) is 4.68 Å². The molecule has 0 atom stereocenters. The maximum atomic E-state index is 13.8. The van der Waals surface area contributed by atoms with Crippen molar-refractivity contribution < 1.29 is 14.3 Å². The number of amides is 2. The predicted molar refractivity (Wildman–Crippen MR) is 112 cm³/mol. The van der Waals surface area contributed by atoms with Crippen LogP contribution < -0.4 is 4.90 Å². The molecule has 1 saturated heterocycles. The van der Waals surface area contributed by atoms with Gasteiger partial charge in [-0.3, -0.25) is 9.69 Å². The van der Waals surface area contributed by atoms with E-state index in [1.165, 1.54) is 0 Å². The number of rotatable bonds is 1. The van der Waals surface area contributed by atoms with E-state index in [0.717, 1.165) is 0 Å². The molecule has 5 rings (SSSR count). The van der Waals surface area contributed by atoms with Gasteiger partial charge in [-0.15, -0.1) is 5.10 Å². The van der Waals surface area contributed by atoms with Gasteiger partial charge in [0.25, 0.3) is 5.91 Å². The van der Waals surface area contributed by atoms with Crippen LogP contribution in [0.25, 0.3) is 5.69 Å². The number of carbonyl (C=O) groups excluding carboxylic acids is 2. The molecule has 31 heavy (non-hydrogen) atoms. The van der Waals surface area contributed by atoms with Crippen LogP contribution in [0.1, 0.15) is 37.0 Å². The Balaban J connectivity index is 1.64. The van der Waals surface area contributed by atoms with Crippen molar-refractivity contribution in [2.24, 2.45) is 0 Å². The Morgan fingerprint density at radius 2 is 1.71 bits per heavy atom. The second-order valence-corrected chi connectivity index (χ2v) is 8.78. The number of hydrogen-bond donors (Lipinski definition) is 0. The number of anilines is 1. The van der Waals surface area contributed by atoms with E-state index in [9.17, 15) is 9.59 Å². The molecule has 0 radical (unpaired) electrons. The Morgan fingerprint density at radius 1 is 1.03 bits per heavy atom. The molecule has 2 amide bonds. The Labute approximate surface area is 179 Å². The topological polar surface area (TPSA) is 93.5 Å². The van der Waals surface area contributed by atoms with Crippen molar-refractivity contribution >= 4 is 17.7 Å². The highest BCUT2D eigenvalue weighted by molar-refractivity contribution is 6.10. The number of fused-ring (bicyclic) bond motifs is 4. The first-order chi connectivity index (χ1) is 14.8. The van der Waals surface area contributed by atoms with Crippen LogP contribution in [-0.2, 0) is 10.3 Å². The zero-order valence-corrected chi connectivity index (χ0v) is 17.5. The van der Waals surface area contributed by atoms with Gasteiger partial charge in [0.15, 0.2) is 5.82 Å². The van der Waals surface area contributed by atoms with Crippen molar-refractivity contribution in [2.75, 3.05) is 18.0 Å². The molecular weight excluding hydrogens is 396 g/mol. The van der Waals surface area contributed by atoms with E-state index in [1.54, 1.807) is 20.5 Å². The fraction of sp³-hybridized carbons (Fsp3) is 0.318. The van der Waals surface area contributed by atoms with Crippen LogP contribution in [0.5, 0.6) is 0 Å². The van der Waals surface area contributed by atoms with Gasteiger partial charge in [-0.1, -0.05) is 30.3 Å². The van der Waals surface area contributed by atoms with Gasteiger partial charge in [0.2, 0.25) is 0 Å². The number of tetrazole rings is 1. The number of likely N-dealkylation sites (tertiary alicyclic amines) is 1. The summed E-state index contributed by atoms with van der Waals surface area (Å²) in [6.07, 6.45) is -0.431. The number of carbonyl (C=O) groups is 2. The van der Waals surface area contributed by atoms with Crippen LogP contribution in [0.4, 0.5) is 10.5 Å². The van der Waals surface area contributed by atoms with Crippen molar-refractivity contribution in [1.29, 1.82) is 0 Å². The lowest BCUT2D eigenvalue weighted by Crippen LogP contribution is -2.71. The molecule has 1 fully saturated rings. The molecule has 9 heteroatoms. The van der Waals surface area contributed by atoms with Crippen molar-refractivity contribution in [2.45, 2.75) is 31.9 Å². The van der Waals surface area contributed by atoms with Gasteiger partial charge in [0, 0.05) is 5.69 Å². The highest BCUT2D eigenvalue weighted by atomic mass is 16.6. The first-order valence-corrected chi connectivity index (χ1v) is 10.1. The average molecular weight is 418 g/mol. The summed E-state index contributed by atoms with van der Waals surface area (Å²) < 4.78 is 7.13. The minimum atomic E-state index is -0.919. The number of benzene rings is 2. The highest BCUT2D eigenvalue weighted by Crippen LogP contribution is 2.44. The van der Waals surface area contributed by atoms with E-state index >= 15 is 0 Å². The Hall–Kier alpha value is -3.75. The molecule has 1 aromatic heterocycles. The number of para-hydroxylation sites is 2. The van der Waals surface area contributed by atoms with Crippen LogP contribution in [0, 0.1) is 0 Å². The molecular formula is C22H22N6O3. The number of aromatic nitrogens is 4. The predicted octanol–water partition coefficient (Wildman–Crippen LogP) is 2.77. The van der Waals surface area contributed by atoms with Crippen molar-refractivity contribution in [1.82, 2.24) is 25.1 Å². The third-order valence-corrected chi connectivity index (χ3v) is 5.45. The van der Waals surface area contributed by atoms with E-state index in [4.69, 9.17) is 4.74 Å². The van der Waals surface area contributed by atoms with E-state index in [-0.39, 0.29) is 19.0 Å². The lowest BCUT2D eigenvalue weighted by atomic mass is 9.86. The van der Waals surface area contributed by atoms with Crippen LogP contribution in [0.2, 0.25) is 0 Å². The van der Waals surface area contributed by atoms with Gasteiger partial charge >= 0.3 is 6.09 Å². The second kappa shape index (κ2) is 6.63. The largest absolute Gasteiger partial charge is 0.444 e. The quantitative estimate of drug-likeness (QED) is 0.603. The molecule has 3 aromatic rings. The summed E-state index contributed by atoms with van der Waals surface area (Å²) in [6, 6.07) is 16.6. The van der Waals surface area contributed by atoms with Crippen LogP contribution in [-0.4, -0.2) is 55.8 Å².